The number of nitrogens with one attached hydrogen (secondary N) is 2. The fourth-order valence-electron chi connectivity index (χ4n) is 2.29. The zero-order chi connectivity index (χ0) is 20.5. The number of anilines is 1. The van der Waals surface area contributed by atoms with Crippen LogP contribution in [0.5, 0.6) is 5.75 Å². The molecule has 2 aromatic carbocycles. The summed E-state index contributed by atoms with van der Waals surface area (Å²) in [5, 5.41) is 6.70. The van der Waals surface area contributed by atoms with Gasteiger partial charge < -0.3 is 15.4 Å². The Morgan fingerprint density at radius 2 is 1.79 bits per heavy atom. The average molecular weight is 423 g/mol. The predicted octanol–water partition coefficient (Wildman–Crippen LogP) is 5.06. The third-order valence-electron chi connectivity index (χ3n) is 3.94. The lowest BCUT2D eigenvalue weighted by molar-refractivity contribution is -0.121. The van der Waals surface area contributed by atoms with Crippen LogP contribution in [0.4, 0.5) is 5.69 Å². The molecule has 0 aliphatic heterocycles. The molecular formula is C21H24Cl2N2O3. The van der Waals surface area contributed by atoms with Gasteiger partial charge in [0.2, 0.25) is 11.8 Å². The minimum atomic E-state index is -0.0707. The van der Waals surface area contributed by atoms with Crippen LogP contribution < -0.4 is 15.4 Å². The maximum Gasteiger partial charge on any atom is 0.226 e. The van der Waals surface area contributed by atoms with Crippen molar-refractivity contribution < 1.29 is 14.3 Å². The van der Waals surface area contributed by atoms with E-state index in [-0.39, 0.29) is 17.7 Å². The fourth-order valence-corrected chi connectivity index (χ4v) is 2.75. The lowest BCUT2D eigenvalue weighted by atomic mass is 10.1. The highest BCUT2D eigenvalue weighted by Crippen LogP contribution is 2.27. The molecule has 0 radical (unpaired) electrons. The van der Waals surface area contributed by atoms with Crippen LogP contribution in [0.1, 0.15) is 32.3 Å². The van der Waals surface area contributed by atoms with Crippen LogP contribution in [0, 0.1) is 5.92 Å². The van der Waals surface area contributed by atoms with E-state index >= 15 is 0 Å². The third kappa shape index (κ3) is 7.41. The number of carbonyl (C=O) groups excluding carboxylic acids is 2. The molecule has 5 nitrogen and oxygen atoms in total. The van der Waals surface area contributed by atoms with Crippen LogP contribution in [0.3, 0.4) is 0 Å². The van der Waals surface area contributed by atoms with Crippen molar-refractivity contribution in [2.75, 3.05) is 11.9 Å². The van der Waals surface area contributed by atoms with E-state index in [2.05, 4.69) is 10.6 Å². The van der Waals surface area contributed by atoms with E-state index in [1.54, 1.807) is 18.2 Å². The van der Waals surface area contributed by atoms with Gasteiger partial charge in [-0.3, -0.25) is 9.59 Å². The van der Waals surface area contributed by atoms with Crippen LogP contribution in [0.2, 0.25) is 10.0 Å². The van der Waals surface area contributed by atoms with Crippen molar-refractivity contribution in [1.29, 1.82) is 0 Å². The first-order valence-electron chi connectivity index (χ1n) is 9.09. The Kier molecular flexibility index (Phi) is 8.61. The molecule has 0 fully saturated rings. The number of carbonyl (C=O) groups is 2. The summed E-state index contributed by atoms with van der Waals surface area (Å²) in [6.45, 7) is 4.50. The number of amides is 2. The van der Waals surface area contributed by atoms with E-state index in [0.717, 1.165) is 11.3 Å². The molecule has 7 heteroatoms. The van der Waals surface area contributed by atoms with Gasteiger partial charge in [0, 0.05) is 29.6 Å². The lowest BCUT2D eigenvalue weighted by Gasteiger charge is -2.10. The molecule has 2 amide bonds. The summed E-state index contributed by atoms with van der Waals surface area (Å²) in [5.74, 6) is 0.404. The lowest BCUT2D eigenvalue weighted by Crippen LogP contribution is -2.23. The minimum Gasteiger partial charge on any atom is -0.492 e. The topological polar surface area (TPSA) is 67.4 Å². The molecule has 28 heavy (non-hydrogen) atoms. The van der Waals surface area contributed by atoms with Gasteiger partial charge in [-0.2, -0.15) is 0 Å². The van der Waals surface area contributed by atoms with Gasteiger partial charge in [0.1, 0.15) is 5.75 Å². The summed E-state index contributed by atoms with van der Waals surface area (Å²) in [6, 6.07) is 12.4. The maximum atomic E-state index is 12.0. The zero-order valence-corrected chi connectivity index (χ0v) is 17.4. The monoisotopic (exact) mass is 422 g/mol. The minimum absolute atomic E-state index is 0.0249. The highest BCUT2D eigenvalue weighted by Gasteiger charge is 2.07. The van der Waals surface area contributed by atoms with Crippen molar-refractivity contribution in [3.63, 3.8) is 0 Å². The molecule has 0 aliphatic carbocycles. The second kappa shape index (κ2) is 10.9. The molecule has 0 heterocycles. The second-order valence-electron chi connectivity index (χ2n) is 6.64. The van der Waals surface area contributed by atoms with Crippen LogP contribution in [-0.4, -0.2) is 18.4 Å². The van der Waals surface area contributed by atoms with Gasteiger partial charge in [0.05, 0.1) is 11.6 Å². The number of hydrogen-bond donors (Lipinski definition) is 2. The standard InChI is InChI=1S/C21H24Cl2N2O3/c1-14(2)21(27)25-17-8-5-15(6-9-17)13-24-20(26)4-3-11-28-19-10-7-16(22)12-18(19)23/h5-10,12,14H,3-4,11,13H2,1-2H3,(H,24,26)(H,25,27). The van der Waals surface area contributed by atoms with E-state index in [4.69, 9.17) is 27.9 Å². The van der Waals surface area contributed by atoms with Crippen molar-refractivity contribution in [3.8, 4) is 5.75 Å². The SMILES string of the molecule is CC(C)C(=O)Nc1ccc(CNC(=O)CCCOc2ccc(Cl)cc2Cl)cc1. The highest BCUT2D eigenvalue weighted by atomic mass is 35.5. The van der Waals surface area contributed by atoms with E-state index in [1.807, 2.05) is 38.1 Å². The van der Waals surface area contributed by atoms with Gasteiger partial charge in [0.15, 0.2) is 0 Å². The van der Waals surface area contributed by atoms with Crippen molar-refractivity contribution in [1.82, 2.24) is 5.32 Å². The van der Waals surface area contributed by atoms with Gasteiger partial charge >= 0.3 is 0 Å². The van der Waals surface area contributed by atoms with Crippen molar-refractivity contribution >= 4 is 40.7 Å². The molecule has 2 rings (SSSR count). The first kappa shape index (κ1) is 22.1. The summed E-state index contributed by atoms with van der Waals surface area (Å²) in [5.41, 5.74) is 1.70. The molecule has 0 aromatic heterocycles. The molecule has 0 unspecified atom stereocenters. The van der Waals surface area contributed by atoms with Gasteiger partial charge in [-0.05, 0) is 42.3 Å². The summed E-state index contributed by atoms with van der Waals surface area (Å²) in [6.07, 6.45) is 0.929. The Balaban J connectivity index is 1.67. The van der Waals surface area contributed by atoms with Crippen molar-refractivity contribution in [3.05, 3.63) is 58.1 Å². The summed E-state index contributed by atoms with van der Waals surface area (Å²) < 4.78 is 5.56. The third-order valence-corrected chi connectivity index (χ3v) is 4.47. The molecule has 150 valence electrons. The van der Waals surface area contributed by atoms with Crippen molar-refractivity contribution in [2.24, 2.45) is 5.92 Å². The normalized spacial score (nSPS) is 10.6. The molecule has 0 bridgehead atoms. The molecule has 2 aromatic rings. The largest absolute Gasteiger partial charge is 0.492 e. The van der Waals surface area contributed by atoms with Gasteiger partial charge in [-0.15, -0.1) is 0 Å². The van der Waals surface area contributed by atoms with Crippen LogP contribution in [0.25, 0.3) is 0 Å². The molecule has 0 aliphatic rings. The first-order chi connectivity index (χ1) is 13.3. The summed E-state index contributed by atoms with van der Waals surface area (Å²) in [4.78, 5) is 23.6. The molecule has 2 N–H and O–H groups in total. The van der Waals surface area contributed by atoms with E-state index < -0.39 is 0 Å². The van der Waals surface area contributed by atoms with Gasteiger partial charge in [-0.25, -0.2) is 0 Å². The fraction of sp³-hybridized carbons (Fsp3) is 0.333. The first-order valence-corrected chi connectivity index (χ1v) is 9.85. The zero-order valence-electron chi connectivity index (χ0n) is 15.9. The predicted molar refractivity (Wildman–Crippen MR) is 113 cm³/mol. The Bertz CT molecular complexity index is 808. The number of benzene rings is 2. The molecule has 0 atom stereocenters. The molecular weight excluding hydrogens is 399 g/mol. The number of rotatable bonds is 9. The molecule has 0 saturated carbocycles. The highest BCUT2D eigenvalue weighted by molar-refractivity contribution is 6.35. The van der Waals surface area contributed by atoms with Crippen LogP contribution in [0.15, 0.2) is 42.5 Å². The quantitative estimate of drug-likeness (QED) is 0.554. The average Bonchev–Trinajstić information content (AvgIpc) is 2.66. The Hall–Kier alpha value is -2.24. The van der Waals surface area contributed by atoms with E-state index in [9.17, 15) is 9.59 Å². The van der Waals surface area contributed by atoms with Crippen molar-refractivity contribution in [2.45, 2.75) is 33.2 Å². The Morgan fingerprint density at radius 1 is 1.07 bits per heavy atom. The van der Waals surface area contributed by atoms with Gasteiger partial charge in [0.25, 0.3) is 0 Å². The summed E-state index contributed by atoms with van der Waals surface area (Å²) >= 11 is 11.9. The van der Waals surface area contributed by atoms with Gasteiger partial charge in [-0.1, -0.05) is 49.2 Å². The molecule has 0 saturated heterocycles. The van der Waals surface area contributed by atoms with Crippen LogP contribution >= 0.6 is 23.2 Å². The van der Waals surface area contributed by atoms with E-state index in [0.29, 0.717) is 41.8 Å². The summed E-state index contributed by atoms with van der Waals surface area (Å²) in [7, 11) is 0. The van der Waals surface area contributed by atoms with Crippen LogP contribution in [-0.2, 0) is 16.1 Å². The van der Waals surface area contributed by atoms with E-state index in [1.165, 1.54) is 0 Å². The Labute approximate surface area is 175 Å². The number of hydrogen-bond acceptors (Lipinski definition) is 3. The second-order valence-corrected chi connectivity index (χ2v) is 7.49. The number of ether oxygens (including phenoxy) is 1. The number of halogens is 2. The smallest absolute Gasteiger partial charge is 0.226 e. The Morgan fingerprint density at radius 3 is 2.43 bits per heavy atom. The maximum absolute atomic E-state index is 12.0. The molecule has 0 spiro atoms.